The van der Waals surface area contributed by atoms with Crippen LogP contribution in [0.3, 0.4) is 0 Å². The quantitative estimate of drug-likeness (QED) is 0.692. The molecule has 0 aromatic heterocycles. The van der Waals surface area contributed by atoms with E-state index in [4.69, 9.17) is 4.74 Å². The van der Waals surface area contributed by atoms with Crippen molar-refractivity contribution in [1.82, 2.24) is 0 Å². The molecule has 0 aliphatic heterocycles. The van der Waals surface area contributed by atoms with E-state index in [1.54, 1.807) is 6.29 Å². The molecule has 1 aliphatic rings. The molecule has 2 unspecified atom stereocenters. The van der Waals surface area contributed by atoms with Crippen LogP contribution in [0.1, 0.15) is 46.5 Å². The van der Waals surface area contributed by atoms with Gasteiger partial charge < -0.3 is 4.74 Å². The molecule has 0 spiro atoms. The van der Waals surface area contributed by atoms with Crippen molar-refractivity contribution in [2.75, 3.05) is 6.61 Å². The van der Waals surface area contributed by atoms with Crippen molar-refractivity contribution in [3.8, 4) is 0 Å². The van der Waals surface area contributed by atoms with E-state index in [-0.39, 0.29) is 12.7 Å². The largest absolute Gasteiger partial charge is 0.370 e. The molecule has 14 heavy (non-hydrogen) atoms. The van der Waals surface area contributed by atoms with Gasteiger partial charge in [-0.15, -0.1) is 0 Å². The first-order valence-corrected chi connectivity index (χ1v) is 5.55. The normalized spacial score (nSPS) is 33.3. The summed E-state index contributed by atoms with van der Waals surface area (Å²) in [7, 11) is 0. The van der Waals surface area contributed by atoms with E-state index in [2.05, 4.69) is 20.8 Å². The van der Waals surface area contributed by atoms with E-state index in [0.717, 1.165) is 12.8 Å². The molecule has 1 fully saturated rings. The average Bonchev–Trinajstić information content (AvgIpc) is 2.15. The van der Waals surface area contributed by atoms with Crippen molar-refractivity contribution < 1.29 is 9.53 Å². The molecule has 2 atom stereocenters. The molecule has 81 valence electrons. The number of hydrogen-bond donors (Lipinski definition) is 0. The van der Waals surface area contributed by atoms with Gasteiger partial charge in [-0.25, -0.2) is 0 Å². The van der Waals surface area contributed by atoms with Crippen LogP contribution in [-0.4, -0.2) is 19.0 Å². The highest BCUT2D eigenvalue weighted by atomic mass is 16.5. The highest BCUT2D eigenvalue weighted by Gasteiger charge is 2.34. The molecule has 0 amide bonds. The Hall–Kier alpha value is -0.370. The Balaban J connectivity index is 2.46. The van der Waals surface area contributed by atoms with Gasteiger partial charge in [0, 0.05) is 0 Å². The molecule has 1 radical (unpaired) electrons. The van der Waals surface area contributed by atoms with Gasteiger partial charge in [-0.3, -0.25) is 4.79 Å². The molecule has 1 rings (SSSR count). The lowest BCUT2D eigenvalue weighted by atomic mass is 9.67. The Kier molecular flexibility index (Phi) is 4.11. The second-order valence-electron chi connectivity index (χ2n) is 4.98. The van der Waals surface area contributed by atoms with Crippen LogP contribution < -0.4 is 0 Å². The number of rotatable bonds is 4. The van der Waals surface area contributed by atoms with Crippen molar-refractivity contribution in [1.29, 1.82) is 0 Å². The Labute approximate surface area is 87.0 Å². The topological polar surface area (TPSA) is 26.3 Å². The third kappa shape index (κ3) is 2.81. The van der Waals surface area contributed by atoms with Gasteiger partial charge in [0.2, 0.25) is 6.29 Å². The number of carbonyl (C=O) groups excluding carboxylic acids is 1. The fourth-order valence-electron chi connectivity index (χ4n) is 2.28. The molecule has 0 saturated heterocycles. The van der Waals surface area contributed by atoms with Gasteiger partial charge in [0.15, 0.2) is 0 Å². The Morgan fingerprint density at radius 2 is 2.29 bits per heavy atom. The summed E-state index contributed by atoms with van der Waals surface area (Å²) in [5.41, 5.74) is 0.395. The van der Waals surface area contributed by atoms with Crippen LogP contribution in [0, 0.1) is 11.3 Å². The van der Waals surface area contributed by atoms with E-state index in [9.17, 15) is 4.79 Å². The van der Waals surface area contributed by atoms with E-state index in [1.807, 2.05) is 0 Å². The zero-order chi connectivity index (χ0) is 10.6. The van der Waals surface area contributed by atoms with Gasteiger partial charge in [-0.1, -0.05) is 27.2 Å². The predicted octanol–water partition coefficient (Wildman–Crippen LogP) is 2.72. The second-order valence-corrected chi connectivity index (χ2v) is 4.98. The maximum absolute atomic E-state index is 10.1. The molecule has 0 bridgehead atoms. The smallest absolute Gasteiger partial charge is 0.226 e. The van der Waals surface area contributed by atoms with Crippen LogP contribution in [-0.2, 0) is 9.53 Å². The van der Waals surface area contributed by atoms with Crippen LogP contribution in [0.4, 0.5) is 0 Å². The Morgan fingerprint density at radius 3 is 2.86 bits per heavy atom. The second kappa shape index (κ2) is 4.92. The summed E-state index contributed by atoms with van der Waals surface area (Å²) >= 11 is 0. The minimum absolute atomic E-state index is 0.138. The standard InChI is InChI=1S/C12H21O2/c1-10(2)12(3)6-4-5-11(9-12)14-8-7-13/h10-11H,4-6,8-9H2,1-3H3. The third-order valence-corrected chi connectivity index (χ3v) is 3.74. The van der Waals surface area contributed by atoms with Gasteiger partial charge >= 0.3 is 0 Å². The van der Waals surface area contributed by atoms with Crippen LogP contribution in [0.25, 0.3) is 0 Å². The highest BCUT2D eigenvalue weighted by molar-refractivity contribution is 5.51. The first kappa shape index (κ1) is 11.7. The summed E-state index contributed by atoms with van der Waals surface area (Å²) in [4.78, 5) is 10.1. The minimum atomic E-state index is 0.138. The van der Waals surface area contributed by atoms with E-state index in [1.165, 1.54) is 12.8 Å². The summed E-state index contributed by atoms with van der Waals surface area (Å²) in [5.74, 6) is 0.689. The summed E-state index contributed by atoms with van der Waals surface area (Å²) in [6.45, 7) is 7.01. The fraction of sp³-hybridized carbons (Fsp3) is 0.917. The van der Waals surface area contributed by atoms with Gasteiger partial charge in [0.1, 0.15) is 6.61 Å². The molecule has 2 nitrogen and oxygen atoms in total. The van der Waals surface area contributed by atoms with Crippen molar-refractivity contribution in [3.63, 3.8) is 0 Å². The fourth-order valence-corrected chi connectivity index (χ4v) is 2.28. The van der Waals surface area contributed by atoms with E-state index in [0.29, 0.717) is 11.3 Å². The molecule has 1 aliphatic carbocycles. The van der Waals surface area contributed by atoms with Crippen LogP contribution in [0.5, 0.6) is 0 Å². The van der Waals surface area contributed by atoms with Gasteiger partial charge in [-0.05, 0) is 30.6 Å². The molecule has 0 N–H and O–H groups in total. The molecule has 0 aromatic rings. The Morgan fingerprint density at radius 1 is 1.57 bits per heavy atom. The van der Waals surface area contributed by atoms with Crippen LogP contribution in [0.2, 0.25) is 0 Å². The molecular weight excluding hydrogens is 176 g/mol. The molecule has 0 heterocycles. The predicted molar refractivity (Wildman–Crippen MR) is 56.8 cm³/mol. The van der Waals surface area contributed by atoms with Gasteiger partial charge in [-0.2, -0.15) is 0 Å². The summed E-state index contributed by atoms with van der Waals surface area (Å²) in [5, 5.41) is 0. The number of hydrogen-bond acceptors (Lipinski definition) is 2. The van der Waals surface area contributed by atoms with E-state index < -0.39 is 0 Å². The maximum atomic E-state index is 10.1. The first-order valence-electron chi connectivity index (χ1n) is 5.55. The van der Waals surface area contributed by atoms with Crippen molar-refractivity contribution in [3.05, 3.63) is 0 Å². The lowest BCUT2D eigenvalue weighted by Crippen LogP contribution is -2.34. The van der Waals surface area contributed by atoms with Crippen molar-refractivity contribution >= 4 is 6.29 Å². The lowest BCUT2D eigenvalue weighted by Gasteiger charge is -2.41. The summed E-state index contributed by atoms with van der Waals surface area (Å²) in [6.07, 6.45) is 6.77. The lowest BCUT2D eigenvalue weighted by molar-refractivity contribution is -0.0109. The summed E-state index contributed by atoms with van der Waals surface area (Å²) in [6, 6.07) is 0. The number of ether oxygens (including phenoxy) is 1. The molecule has 2 heteroatoms. The van der Waals surface area contributed by atoms with Crippen molar-refractivity contribution in [2.24, 2.45) is 11.3 Å². The van der Waals surface area contributed by atoms with Gasteiger partial charge in [0.05, 0.1) is 6.10 Å². The zero-order valence-electron chi connectivity index (χ0n) is 9.51. The molecule has 1 saturated carbocycles. The molecule has 0 aromatic carbocycles. The van der Waals surface area contributed by atoms with Crippen LogP contribution >= 0.6 is 0 Å². The average molecular weight is 197 g/mol. The first-order chi connectivity index (χ1) is 6.58. The maximum Gasteiger partial charge on any atom is 0.226 e. The molecular formula is C12H21O2. The SMILES string of the molecule is CC(C)C1(C)CCCC(OC[C]=O)C1. The summed E-state index contributed by atoms with van der Waals surface area (Å²) < 4.78 is 5.45. The Bertz CT molecular complexity index is 189. The van der Waals surface area contributed by atoms with Crippen LogP contribution in [0.15, 0.2) is 0 Å². The monoisotopic (exact) mass is 197 g/mol. The highest BCUT2D eigenvalue weighted by Crippen LogP contribution is 2.42. The van der Waals surface area contributed by atoms with Gasteiger partial charge in [0.25, 0.3) is 0 Å². The van der Waals surface area contributed by atoms with Crippen molar-refractivity contribution in [2.45, 2.75) is 52.6 Å². The third-order valence-electron chi connectivity index (χ3n) is 3.74. The minimum Gasteiger partial charge on any atom is -0.370 e. The van der Waals surface area contributed by atoms with E-state index >= 15 is 0 Å². The zero-order valence-corrected chi connectivity index (χ0v) is 9.51.